The Bertz CT molecular complexity index is 1820. The summed E-state index contributed by atoms with van der Waals surface area (Å²) in [5.41, 5.74) is 1.85. The highest BCUT2D eigenvalue weighted by molar-refractivity contribution is 6.05. The van der Waals surface area contributed by atoms with Crippen LogP contribution >= 0.6 is 0 Å². The second-order valence-corrected chi connectivity index (χ2v) is 9.36. The molecule has 12 heteroatoms. The summed E-state index contributed by atoms with van der Waals surface area (Å²) in [5, 5.41) is 12.8. The van der Waals surface area contributed by atoms with Crippen molar-refractivity contribution in [1.82, 2.24) is 5.32 Å². The van der Waals surface area contributed by atoms with Crippen LogP contribution in [0.25, 0.3) is 21.9 Å². The maximum Gasteiger partial charge on any atom is 0.573 e. The number of hydrogen-bond acceptors (Lipinski definition) is 6. The van der Waals surface area contributed by atoms with Crippen LogP contribution in [0.5, 0.6) is 11.5 Å². The number of fused-ring (bicyclic) bond motifs is 3. The molecule has 0 aliphatic rings. The molecule has 220 valence electrons. The molecule has 4 aromatic carbocycles. The first-order valence-electron chi connectivity index (χ1n) is 12.9. The number of carbonyl (C=O) groups is 3. The number of ether oxygens (including phenoxy) is 2. The highest BCUT2D eigenvalue weighted by atomic mass is 19.4. The predicted octanol–water partition coefficient (Wildman–Crippen LogP) is 6.89. The van der Waals surface area contributed by atoms with Gasteiger partial charge in [-0.05, 0) is 60.2 Å². The van der Waals surface area contributed by atoms with Gasteiger partial charge < -0.3 is 24.3 Å². The molecule has 0 spiro atoms. The third kappa shape index (κ3) is 7.22. The van der Waals surface area contributed by atoms with E-state index in [1.165, 1.54) is 36.4 Å². The van der Waals surface area contributed by atoms with Crippen LogP contribution in [0.2, 0.25) is 0 Å². The van der Waals surface area contributed by atoms with E-state index in [0.717, 1.165) is 22.4 Å². The van der Waals surface area contributed by atoms with Crippen molar-refractivity contribution in [3.8, 4) is 11.5 Å². The molecule has 2 amide bonds. The van der Waals surface area contributed by atoms with Gasteiger partial charge in [-0.3, -0.25) is 14.5 Å². The van der Waals surface area contributed by atoms with E-state index in [2.05, 4.69) is 10.1 Å². The molecule has 0 bridgehead atoms. The maximum atomic E-state index is 13.6. The Balaban J connectivity index is 1.45. The van der Waals surface area contributed by atoms with E-state index in [9.17, 15) is 27.6 Å². The Morgan fingerprint density at radius 1 is 0.837 bits per heavy atom. The molecule has 0 unspecified atom stereocenters. The average Bonchev–Trinajstić information content (AvgIpc) is 3.33. The second-order valence-electron chi connectivity index (χ2n) is 9.36. The summed E-state index contributed by atoms with van der Waals surface area (Å²) in [7, 11) is 0. The first-order valence-corrected chi connectivity index (χ1v) is 12.9. The number of furan rings is 1. The molecule has 0 aliphatic carbocycles. The van der Waals surface area contributed by atoms with Crippen molar-refractivity contribution in [2.75, 3.05) is 11.4 Å². The molecular formula is C31H23F3N2O7. The van der Waals surface area contributed by atoms with Gasteiger partial charge >= 0.3 is 18.4 Å². The molecule has 1 heterocycles. The molecule has 0 saturated carbocycles. The summed E-state index contributed by atoms with van der Waals surface area (Å²) < 4.78 is 54.0. The summed E-state index contributed by atoms with van der Waals surface area (Å²) >= 11 is 0. The molecule has 0 aliphatic heterocycles. The zero-order chi connectivity index (χ0) is 30.6. The van der Waals surface area contributed by atoms with E-state index in [1.807, 2.05) is 24.3 Å². The number of amides is 2. The van der Waals surface area contributed by atoms with E-state index >= 15 is 0 Å². The van der Waals surface area contributed by atoms with E-state index in [0.29, 0.717) is 16.6 Å². The Kier molecular flexibility index (Phi) is 8.19. The smallest absolute Gasteiger partial charge is 0.481 e. The van der Waals surface area contributed by atoms with Gasteiger partial charge in [-0.25, -0.2) is 4.79 Å². The van der Waals surface area contributed by atoms with Crippen molar-refractivity contribution in [2.45, 2.75) is 19.3 Å². The lowest BCUT2D eigenvalue weighted by Crippen LogP contribution is -2.33. The Morgan fingerprint density at radius 3 is 2.40 bits per heavy atom. The van der Waals surface area contributed by atoms with Crippen molar-refractivity contribution in [3.63, 3.8) is 0 Å². The van der Waals surface area contributed by atoms with Gasteiger partial charge in [-0.1, -0.05) is 36.4 Å². The third-order valence-corrected chi connectivity index (χ3v) is 6.29. The van der Waals surface area contributed by atoms with Crippen LogP contribution in [0.3, 0.4) is 0 Å². The molecule has 5 aromatic rings. The van der Waals surface area contributed by atoms with Crippen molar-refractivity contribution in [2.24, 2.45) is 0 Å². The van der Waals surface area contributed by atoms with E-state index < -0.39 is 30.1 Å². The van der Waals surface area contributed by atoms with Crippen LogP contribution in [-0.2, 0) is 11.3 Å². The molecule has 1 aromatic heterocycles. The summed E-state index contributed by atoms with van der Waals surface area (Å²) in [6.45, 7) is -0.351. The number of nitrogens with zero attached hydrogens (tertiary/aromatic N) is 1. The largest absolute Gasteiger partial charge is 0.573 e. The Morgan fingerprint density at radius 2 is 1.60 bits per heavy atom. The number of carboxylic acid groups (broad SMARTS) is 1. The summed E-state index contributed by atoms with van der Waals surface area (Å²) in [5.74, 6) is -1.94. The number of hydrogen-bond donors (Lipinski definition) is 2. The van der Waals surface area contributed by atoms with E-state index in [1.54, 1.807) is 18.2 Å². The fourth-order valence-electron chi connectivity index (χ4n) is 4.41. The monoisotopic (exact) mass is 592 g/mol. The lowest BCUT2D eigenvalue weighted by atomic mass is 10.1. The second kappa shape index (κ2) is 12.1. The molecule has 43 heavy (non-hydrogen) atoms. The van der Waals surface area contributed by atoms with Gasteiger partial charge in [0.05, 0.1) is 13.0 Å². The number of halogens is 3. The number of para-hydroxylation sites is 1. The summed E-state index contributed by atoms with van der Waals surface area (Å²) in [6.07, 6.45) is -6.07. The highest BCUT2D eigenvalue weighted by Gasteiger charge is 2.31. The van der Waals surface area contributed by atoms with Gasteiger partial charge in [-0.15, -0.1) is 13.2 Å². The number of alkyl halides is 3. The molecule has 0 atom stereocenters. The highest BCUT2D eigenvalue weighted by Crippen LogP contribution is 2.32. The number of rotatable bonds is 9. The standard InChI is InChI=1S/C31H23F3N2O7/c32-31(33,34)43-23-8-3-5-19(15-23)18-36(21-7-4-6-20(16-21)29(39)35-14-13-28(37)38)30(40)41-22-11-12-27-25(17-22)24-9-1-2-10-26(24)42-27/h1-12,15-17H,13-14,18H2,(H,35,39)(H,37,38). The lowest BCUT2D eigenvalue weighted by molar-refractivity contribution is -0.274. The SMILES string of the molecule is O=C(O)CCNC(=O)c1cccc(N(Cc2cccc(OC(F)(F)F)c2)C(=O)Oc2ccc3oc4ccccc4c3c2)c1. The number of aliphatic carboxylic acids is 1. The number of carbonyl (C=O) groups excluding carboxylic acids is 2. The molecule has 0 radical (unpaired) electrons. The van der Waals surface area contributed by atoms with Gasteiger partial charge in [0.2, 0.25) is 0 Å². The maximum absolute atomic E-state index is 13.6. The van der Waals surface area contributed by atoms with E-state index in [4.69, 9.17) is 14.3 Å². The lowest BCUT2D eigenvalue weighted by Gasteiger charge is -2.23. The fourth-order valence-corrected chi connectivity index (χ4v) is 4.41. The third-order valence-electron chi connectivity index (χ3n) is 6.29. The Hall–Kier alpha value is -5.52. The number of carboxylic acids is 1. The average molecular weight is 593 g/mol. The number of nitrogens with one attached hydrogen (secondary N) is 1. The van der Waals surface area contributed by atoms with Gasteiger partial charge in [0.25, 0.3) is 5.91 Å². The number of anilines is 1. The molecule has 5 rings (SSSR count). The summed E-state index contributed by atoms with van der Waals surface area (Å²) in [4.78, 5) is 38.2. The molecule has 2 N–H and O–H groups in total. The quantitative estimate of drug-likeness (QED) is 0.191. The Labute approximate surface area is 242 Å². The van der Waals surface area contributed by atoms with Gasteiger partial charge in [0.15, 0.2) is 0 Å². The molecule has 0 saturated heterocycles. The van der Waals surface area contributed by atoms with Crippen molar-refractivity contribution < 1.29 is 46.6 Å². The van der Waals surface area contributed by atoms with Crippen LogP contribution in [-0.4, -0.2) is 36.0 Å². The van der Waals surface area contributed by atoms with Gasteiger partial charge in [0, 0.05) is 28.6 Å². The first-order chi connectivity index (χ1) is 20.6. The zero-order valence-corrected chi connectivity index (χ0v) is 22.3. The minimum absolute atomic E-state index is 0.110. The van der Waals surface area contributed by atoms with Crippen LogP contribution < -0.4 is 19.7 Å². The topological polar surface area (TPSA) is 118 Å². The number of benzene rings is 4. The van der Waals surface area contributed by atoms with Crippen LogP contribution in [0, 0.1) is 0 Å². The minimum Gasteiger partial charge on any atom is -0.481 e. The first kappa shape index (κ1) is 29.0. The zero-order valence-electron chi connectivity index (χ0n) is 22.3. The van der Waals surface area contributed by atoms with Crippen molar-refractivity contribution in [3.05, 3.63) is 102 Å². The van der Waals surface area contributed by atoms with Crippen LogP contribution in [0.1, 0.15) is 22.3 Å². The fraction of sp³-hybridized carbons (Fsp3) is 0.129. The minimum atomic E-state index is -4.91. The summed E-state index contributed by atoms with van der Waals surface area (Å²) in [6, 6.07) is 23.2. The van der Waals surface area contributed by atoms with Crippen molar-refractivity contribution in [1.29, 1.82) is 0 Å². The van der Waals surface area contributed by atoms with Gasteiger partial charge in [-0.2, -0.15) is 0 Å². The molecular weight excluding hydrogens is 569 g/mol. The normalized spacial score (nSPS) is 11.3. The van der Waals surface area contributed by atoms with Gasteiger partial charge in [0.1, 0.15) is 22.7 Å². The predicted molar refractivity (Wildman–Crippen MR) is 150 cm³/mol. The molecule has 0 fully saturated rings. The van der Waals surface area contributed by atoms with Crippen LogP contribution in [0.15, 0.2) is 95.4 Å². The molecule has 9 nitrogen and oxygen atoms in total. The van der Waals surface area contributed by atoms with E-state index in [-0.39, 0.29) is 42.1 Å². The van der Waals surface area contributed by atoms with Crippen molar-refractivity contribution >= 4 is 45.6 Å². The van der Waals surface area contributed by atoms with Crippen LogP contribution in [0.4, 0.5) is 23.7 Å².